The predicted molar refractivity (Wildman–Crippen MR) is 126 cm³/mol. The van der Waals surface area contributed by atoms with Gasteiger partial charge in [0, 0.05) is 31.1 Å². The highest BCUT2D eigenvalue weighted by molar-refractivity contribution is 5.30. The molecule has 4 bridgehead atoms. The number of nitrogens with zero attached hydrogens (tertiary/aromatic N) is 1. The number of benzene rings is 1. The molecular formula is C28H42NO4+. The molecule has 0 amide bonds. The summed E-state index contributed by atoms with van der Waals surface area (Å²) >= 11 is 0. The lowest BCUT2D eigenvalue weighted by Crippen LogP contribution is -2.59. The van der Waals surface area contributed by atoms with Gasteiger partial charge in [0.1, 0.15) is 5.75 Å². The second kappa shape index (κ2) is 8.22. The van der Waals surface area contributed by atoms with Crippen LogP contribution in [0, 0.1) is 23.7 Å². The highest BCUT2D eigenvalue weighted by Crippen LogP contribution is 2.64. The Bertz CT molecular complexity index is 808. The first-order chi connectivity index (χ1) is 15.8. The van der Waals surface area contributed by atoms with Crippen molar-refractivity contribution in [2.75, 3.05) is 34.3 Å². The van der Waals surface area contributed by atoms with Crippen molar-refractivity contribution in [3.63, 3.8) is 0 Å². The Morgan fingerprint density at radius 3 is 2.12 bits per heavy atom. The standard InChI is InChI=1S/C28H42NO4/c1-29(2,3)13-4-14-30-26-7-5-22(6-8-26)23-9-11-27(12-10-23)31-28(33-32-27)24-16-20-15-21(18-24)19-25(28)17-20/h5-8,20-21,23-25H,4,9-19H2,1-3H3/q+1/t20?,21?,23-,24?,25?,27+,28-. The van der Waals surface area contributed by atoms with Crippen LogP contribution in [0.4, 0.5) is 0 Å². The van der Waals surface area contributed by atoms with Crippen LogP contribution in [0.25, 0.3) is 0 Å². The third-order valence-electron chi connectivity index (χ3n) is 9.29. The monoisotopic (exact) mass is 456 g/mol. The summed E-state index contributed by atoms with van der Waals surface area (Å²) in [5, 5.41) is 0. The Kier molecular flexibility index (Phi) is 5.56. The van der Waals surface area contributed by atoms with E-state index in [0.717, 1.165) is 67.3 Å². The Hall–Kier alpha value is -1.14. The van der Waals surface area contributed by atoms with Crippen molar-refractivity contribution >= 4 is 0 Å². The highest BCUT2D eigenvalue weighted by Gasteiger charge is 2.66. The van der Waals surface area contributed by atoms with Gasteiger partial charge in [0.2, 0.25) is 11.6 Å². The molecule has 5 saturated carbocycles. The number of rotatable bonds is 6. The Balaban J connectivity index is 1.03. The van der Waals surface area contributed by atoms with Gasteiger partial charge in [-0.05, 0) is 80.4 Å². The molecule has 6 fully saturated rings. The van der Waals surface area contributed by atoms with Gasteiger partial charge in [-0.3, -0.25) is 0 Å². The summed E-state index contributed by atoms with van der Waals surface area (Å²) in [6.07, 6.45) is 11.6. The summed E-state index contributed by atoms with van der Waals surface area (Å²) in [6.45, 7) is 1.90. The van der Waals surface area contributed by atoms with E-state index in [0.29, 0.717) is 17.8 Å². The molecule has 6 aliphatic rings. The summed E-state index contributed by atoms with van der Waals surface area (Å²) in [4.78, 5) is 12.3. The third-order valence-corrected chi connectivity index (χ3v) is 9.29. The van der Waals surface area contributed by atoms with E-state index in [1.165, 1.54) is 37.7 Å². The minimum absolute atomic E-state index is 0.439. The van der Waals surface area contributed by atoms with E-state index in [9.17, 15) is 0 Å². The first-order valence-corrected chi connectivity index (χ1v) is 13.4. The van der Waals surface area contributed by atoms with Gasteiger partial charge < -0.3 is 14.0 Å². The van der Waals surface area contributed by atoms with Crippen LogP contribution in [0.5, 0.6) is 5.75 Å². The van der Waals surface area contributed by atoms with Crippen LogP contribution in [0.3, 0.4) is 0 Å². The fraction of sp³-hybridized carbons (Fsp3) is 0.786. The Labute approximate surface area is 199 Å². The van der Waals surface area contributed by atoms with E-state index in [-0.39, 0.29) is 0 Å². The Morgan fingerprint density at radius 1 is 0.879 bits per heavy atom. The summed E-state index contributed by atoms with van der Waals surface area (Å²) < 4.78 is 13.8. The largest absolute Gasteiger partial charge is 0.493 e. The zero-order valence-corrected chi connectivity index (χ0v) is 20.8. The van der Waals surface area contributed by atoms with Crippen LogP contribution in [0.15, 0.2) is 24.3 Å². The van der Waals surface area contributed by atoms with Gasteiger partial charge in [-0.25, -0.2) is 0 Å². The van der Waals surface area contributed by atoms with Crippen LogP contribution >= 0.6 is 0 Å². The number of ether oxygens (including phenoxy) is 2. The van der Waals surface area contributed by atoms with E-state index in [1.54, 1.807) is 0 Å². The molecule has 182 valence electrons. The molecule has 1 aliphatic heterocycles. The Morgan fingerprint density at radius 2 is 1.52 bits per heavy atom. The molecule has 5 aliphatic carbocycles. The zero-order chi connectivity index (χ0) is 22.7. The van der Waals surface area contributed by atoms with Crippen molar-refractivity contribution in [2.45, 2.75) is 81.7 Å². The summed E-state index contributed by atoms with van der Waals surface area (Å²) in [5.41, 5.74) is 1.41. The maximum atomic E-state index is 6.87. The van der Waals surface area contributed by atoms with Crippen molar-refractivity contribution in [2.24, 2.45) is 23.7 Å². The number of hydrogen-bond donors (Lipinski definition) is 0. The third kappa shape index (κ3) is 4.24. The minimum Gasteiger partial charge on any atom is -0.493 e. The van der Waals surface area contributed by atoms with E-state index in [1.807, 2.05) is 0 Å². The minimum atomic E-state index is -0.513. The van der Waals surface area contributed by atoms with E-state index >= 15 is 0 Å². The van der Waals surface area contributed by atoms with Crippen LogP contribution in [-0.2, 0) is 14.5 Å². The van der Waals surface area contributed by atoms with Gasteiger partial charge in [0.15, 0.2) is 0 Å². The van der Waals surface area contributed by atoms with Crippen molar-refractivity contribution in [3.05, 3.63) is 29.8 Å². The number of hydrogen-bond acceptors (Lipinski definition) is 4. The highest BCUT2D eigenvalue weighted by atomic mass is 17.3. The van der Waals surface area contributed by atoms with E-state index in [2.05, 4.69) is 45.4 Å². The molecule has 0 N–H and O–H groups in total. The normalized spacial score (nSPS) is 41.8. The van der Waals surface area contributed by atoms with Crippen molar-refractivity contribution in [1.82, 2.24) is 0 Å². The summed E-state index contributed by atoms with van der Waals surface area (Å²) in [6, 6.07) is 8.79. The van der Waals surface area contributed by atoms with Gasteiger partial charge in [-0.15, -0.1) is 0 Å². The van der Waals surface area contributed by atoms with E-state index in [4.69, 9.17) is 19.2 Å². The molecule has 2 spiro atoms. The zero-order valence-electron chi connectivity index (χ0n) is 20.8. The van der Waals surface area contributed by atoms with Gasteiger partial charge in [0.05, 0.1) is 34.3 Å². The molecule has 1 saturated heterocycles. The second-order valence-corrected chi connectivity index (χ2v) is 12.8. The molecule has 1 aromatic carbocycles. The molecule has 1 aromatic rings. The topological polar surface area (TPSA) is 36.9 Å². The molecule has 0 unspecified atom stereocenters. The molecule has 7 rings (SSSR count). The summed E-state index contributed by atoms with van der Waals surface area (Å²) in [5.74, 6) is 3.48. The first-order valence-electron chi connectivity index (χ1n) is 13.4. The van der Waals surface area contributed by atoms with Gasteiger partial charge in [-0.2, -0.15) is 9.78 Å². The molecule has 1 heterocycles. The van der Waals surface area contributed by atoms with Gasteiger partial charge in [0.25, 0.3) is 0 Å². The van der Waals surface area contributed by atoms with Gasteiger partial charge >= 0.3 is 0 Å². The van der Waals surface area contributed by atoms with Gasteiger partial charge in [-0.1, -0.05) is 12.1 Å². The quantitative estimate of drug-likeness (QED) is 0.315. The molecule has 0 atom stereocenters. The maximum Gasteiger partial charge on any atom is 0.210 e. The number of quaternary nitrogens is 1. The molecule has 0 aromatic heterocycles. The molecule has 5 heteroatoms. The molecule has 33 heavy (non-hydrogen) atoms. The van der Waals surface area contributed by atoms with Crippen LogP contribution < -0.4 is 4.74 Å². The van der Waals surface area contributed by atoms with Crippen LogP contribution in [-0.4, -0.2) is 50.4 Å². The maximum absolute atomic E-state index is 6.87. The molecule has 5 nitrogen and oxygen atoms in total. The predicted octanol–water partition coefficient (Wildman–Crippen LogP) is 5.65. The van der Waals surface area contributed by atoms with E-state index < -0.39 is 11.6 Å². The average molecular weight is 457 g/mol. The summed E-state index contributed by atoms with van der Waals surface area (Å²) in [7, 11) is 6.67. The lowest BCUT2D eigenvalue weighted by molar-refractivity contribution is -0.870. The van der Waals surface area contributed by atoms with Crippen LogP contribution in [0.1, 0.15) is 75.7 Å². The fourth-order valence-electron chi connectivity index (χ4n) is 7.75. The molecule has 0 radical (unpaired) electrons. The van der Waals surface area contributed by atoms with Crippen molar-refractivity contribution < 1.29 is 23.7 Å². The average Bonchev–Trinajstić information content (AvgIpc) is 3.15. The SMILES string of the molecule is C[N+](C)(C)CCCOc1ccc([C@H]2CC[C@]3(CC2)OO[C@]2(O3)C3CC4CC(C3)CC2C4)cc1. The van der Waals surface area contributed by atoms with Crippen LogP contribution in [0.2, 0.25) is 0 Å². The first kappa shape index (κ1) is 22.3. The lowest BCUT2D eigenvalue weighted by atomic mass is 9.53. The fourth-order valence-corrected chi connectivity index (χ4v) is 7.75. The smallest absolute Gasteiger partial charge is 0.210 e. The second-order valence-electron chi connectivity index (χ2n) is 12.8. The van der Waals surface area contributed by atoms with Crippen molar-refractivity contribution in [1.29, 1.82) is 0 Å². The van der Waals surface area contributed by atoms with Crippen molar-refractivity contribution in [3.8, 4) is 5.75 Å². The lowest BCUT2D eigenvalue weighted by Gasteiger charge is -2.57. The molecular weight excluding hydrogens is 414 g/mol.